The number of nitrogens with zero attached hydrogens (tertiary/aromatic N) is 1. The summed E-state index contributed by atoms with van der Waals surface area (Å²) < 4.78 is 5.93. The second kappa shape index (κ2) is 6.54. The van der Waals surface area contributed by atoms with Crippen molar-refractivity contribution in [2.75, 3.05) is 6.54 Å². The van der Waals surface area contributed by atoms with Crippen molar-refractivity contribution in [3.05, 3.63) is 16.1 Å². The molecule has 1 aromatic heterocycles. The molecule has 3 nitrogen and oxygen atoms in total. The van der Waals surface area contributed by atoms with E-state index in [0.717, 1.165) is 25.8 Å². The van der Waals surface area contributed by atoms with Crippen molar-refractivity contribution in [2.45, 2.75) is 77.5 Å². The van der Waals surface area contributed by atoms with Gasteiger partial charge in [0.2, 0.25) is 0 Å². The summed E-state index contributed by atoms with van der Waals surface area (Å²) in [5, 5.41) is 7.25. The van der Waals surface area contributed by atoms with Gasteiger partial charge in [-0.3, -0.25) is 0 Å². The van der Waals surface area contributed by atoms with Gasteiger partial charge in [0.15, 0.2) is 0 Å². The standard InChI is InChI=1S/C16H28N2OS/c1-6-7-17-16(8-12(4)19-13(5)9-16)15-18-14(10-20-15)11(2)3/h10-13,17H,6-9H2,1-5H3. The molecule has 1 N–H and O–H groups in total. The molecule has 2 heterocycles. The van der Waals surface area contributed by atoms with Crippen LogP contribution in [0.25, 0.3) is 0 Å². The van der Waals surface area contributed by atoms with E-state index in [9.17, 15) is 0 Å². The van der Waals surface area contributed by atoms with Gasteiger partial charge in [0.05, 0.1) is 23.4 Å². The first-order chi connectivity index (χ1) is 9.47. The molecule has 1 aliphatic rings. The summed E-state index contributed by atoms with van der Waals surface area (Å²) in [6.07, 6.45) is 3.75. The number of aromatic nitrogens is 1. The molecule has 114 valence electrons. The zero-order valence-electron chi connectivity index (χ0n) is 13.4. The van der Waals surface area contributed by atoms with E-state index >= 15 is 0 Å². The van der Waals surface area contributed by atoms with Crippen LogP contribution < -0.4 is 5.32 Å². The first kappa shape index (κ1) is 15.9. The van der Waals surface area contributed by atoms with Crippen molar-refractivity contribution in [3.63, 3.8) is 0 Å². The van der Waals surface area contributed by atoms with Gasteiger partial charge < -0.3 is 10.1 Å². The van der Waals surface area contributed by atoms with Crippen molar-refractivity contribution >= 4 is 11.3 Å². The first-order valence-electron chi connectivity index (χ1n) is 7.83. The summed E-state index contributed by atoms with van der Waals surface area (Å²) in [6, 6.07) is 0. The normalized spacial score (nSPS) is 30.9. The average Bonchev–Trinajstić information content (AvgIpc) is 2.85. The zero-order valence-corrected chi connectivity index (χ0v) is 14.2. The molecule has 0 aromatic carbocycles. The first-order valence-corrected chi connectivity index (χ1v) is 8.71. The quantitative estimate of drug-likeness (QED) is 0.890. The molecule has 1 fully saturated rings. The van der Waals surface area contributed by atoms with Crippen molar-refractivity contribution in [1.82, 2.24) is 10.3 Å². The Hall–Kier alpha value is -0.450. The molecule has 1 aliphatic heterocycles. The lowest BCUT2D eigenvalue weighted by atomic mass is 9.84. The molecule has 0 aliphatic carbocycles. The summed E-state index contributed by atoms with van der Waals surface area (Å²) in [5.41, 5.74) is 1.22. The van der Waals surface area contributed by atoms with Crippen LogP contribution in [0.3, 0.4) is 0 Å². The predicted molar refractivity (Wildman–Crippen MR) is 85.4 cm³/mol. The topological polar surface area (TPSA) is 34.2 Å². The van der Waals surface area contributed by atoms with Crippen molar-refractivity contribution in [3.8, 4) is 0 Å². The fourth-order valence-electron chi connectivity index (χ4n) is 3.09. The van der Waals surface area contributed by atoms with Crippen LogP contribution in [0.5, 0.6) is 0 Å². The number of hydrogen-bond donors (Lipinski definition) is 1. The summed E-state index contributed by atoms with van der Waals surface area (Å²) in [4.78, 5) is 4.93. The Morgan fingerprint density at radius 3 is 2.55 bits per heavy atom. The highest BCUT2D eigenvalue weighted by Gasteiger charge is 2.41. The molecular weight excluding hydrogens is 268 g/mol. The predicted octanol–water partition coefficient (Wildman–Crippen LogP) is 4.05. The maximum atomic E-state index is 5.93. The van der Waals surface area contributed by atoms with Crippen molar-refractivity contribution in [2.24, 2.45) is 0 Å². The minimum atomic E-state index is 0.00486. The van der Waals surface area contributed by atoms with Gasteiger partial charge >= 0.3 is 0 Å². The third-order valence-electron chi connectivity index (χ3n) is 3.97. The lowest BCUT2D eigenvalue weighted by Crippen LogP contribution is -2.51. The second-order valence-corrected chi connectivity index (χ2v) is 7.26. The SMILES string of the molecule is CCCNC1(c2nc(C(C)C)cs2)CC(C)OC(C)C1. The lowest BCUT2D eigenvalue weighted by Gasteiger charge is -2.42. The number of rotatable bonds is 5. The molecule has 20 heavy (non-hydrogen) atoms. The third-order valence-corrected chi connectivity index (χ3v) is 5.04. The Morgan fingerprint density at radius 1 is 1.40 bits per heavy atom. The average molecular weight is 296 g/mol. The van der Waals surface area contributed by atoms with E-state index in [1.807, 2.05) is 11.3 Å². The summed E-state index contributed by atoms with van der Waals surface area (Å²) in [6.45, 7) is 12.0. The second-order valence-electron chi connectivity index (χ2n) is 6.41. The minimum Gasteiger partial charge on any atom is -0.375 e. The molecule has 4 heteroatoms. The van der Waals surface area contributed by atoms with Gasteiger partial charge in [0.1, 0.15) is 5.01 Å². The van der Waals surface area contributed by atoms with Gasteiger partial charge in [0, 0.05) is 5.38 Å². The zero-order chi connectivity index (χ0) is 14.8. The monoisotopic (exact) mass is 296 g/mol. The van der Waals surface area contributed by atoms with Crippen LogP contribution in [0.2, 0.25) is 0 Å². The highest BCUT2D eigenvalue weighted by Crippen LogP contribution is 2.39. The molecule has 0 radical (unpaired) electrons. The van der Waals surface area contributed by atoms with Crippen LogP contribution in [0, 0.1) is 0 Å². The van der Waals surface area contributed by atoms with E-state index in [0.29, 0.717) is 5.92 Å². The maximum absolute atomic E-state index is 5.93. The molecule has 0 spiro atoms. The number of ether oxygens (including phenoxy) is 1. The van der Waals surface area contributed by atoms with Gasteiger partial charge in [-0.25, -0.2) is 4.98 Å². The van der Waals surface area contributed by atoms with Crippen LogP contribution >= 0.6 is 11.3 Å². The van der Waals surface area contributed by atoms with Gasteiger partial charge in [-0.1, -0.05) is 20.8 Å². The maximum Gasteiger partial charge on any atom is 0.113 e. The molecule has 2 unspecified atom stereocenters. The Labute approximate surface area is 127 Å². The smallest absolute Gasteiger partial charge is 0.113 e. The summed E-state index contributed by atoms with van der Waals surface area (Å²) >= 11 is 1.81. The molecule has 2 rings (SSSR count). The Balaban J connectivity index is 2.29. The van der Waals surface area contributed by atoms with E-state index in [4.69, 9.17) is 9.72 Å². The lowest BCUT2D eigenvalue weighted by molar-refractivity contribution is -0.0712. The van der Waals surface area contributed by atoms with E-state index < -0.39 is 0 Å². The number of hydrogen-bond acceptors (Lipinski definition) is 4. The van der Waals surface area contributed by atoms with Crippen LogP contribution in [0.4, 0.5) is 0 Å². The molecular formula is C16H28N2OS. The number of nitrogens with one attached hydrogen (secondary N) is 1. The fourth-order valence-corrected chi connectivity index (χ4v) is 4.27. The van der Waals surface area contributed by atoms with Gasteiger partial charge in [-0.05, 0) is 45.6 Å². The molecule has 1 aromatic rings. The minimum absolute atomic E-state index is 0.00486. The van der Waals surface area contributed by atoms with Gasteiger partial charge in [-0.2, -0.15) is 0 Å². The molecule has 1 saturated heterocycles. The van der Waals surface area contributed by atoms with Gasteiger partial charge in [-0.15, -0.1) is 11.3 Å². The third kappa shape index (κ3) is 3.41. The molecule has 0 bridgehead atoms. The van der Waals surface area contributed by atoms with Gasteiger partial charge in [0.25, 0.3) is 0 Å². The fraction of sp³-hybridized carbons (Fsp3) is 0.812. The van der Waals surface area contributed by atoms with E-state index in [1.54, 1.807) is 0 Å². The highest BCUT2D eigenvalue weighted by molar-refractivity contribution is 7.09. The van der Waals surface area contributed by atoms with E-state index in [2.05, 4.69) is 45.3 Å². The molecule has 0 amide bonds. The molecule has 2 atom stereocenters. The van der Waals surface area contributed by atoms with Crippen molar-refractivity contribution in [1.29, 1.82) is 0 Å². The summed E-state index contributed by atoms with van der Waals surface area (Å²) in [5.74, 6) is 0.498. The van der Waals surface area contributed by atoms with Crippen LogP contribution in [-0.2, 0) is 10.3 Å². The van der Waals surface area contributed by atoms with E-state index in [-0.39, 0.29) is 17.7 Å². The molecule has 0 saturated carbocycles. The summed E-state index contributed by atoms with van der Waals surface area (Å²) in [7, 11) is 0. The largest absolute Gasteiger partial charge is 0.375 e. The Morgan fingerprint density at radius 2 is 2.05 bits per heavy atom. The van der Waals surface area contributed by atoms with Crippen LogP contribution in [0.1, 0.15) is 70.5 Å². The van der Waals surface area contributed by atoms with Crippen LogP contribution in [-0.4, -0.2) is 23.7 Å². The van der Waals surface area contributed by atoms with Crippen molar-refractivity contribution < 1.29 is 4.74 Å². The van der Waals surface area contributed by atoms with E-state index in [1.165, 1.54) is 10.7 Å². The number of thiazole rings is 1. The Bertz CT molecular complexity index is 420. The highest BCUT2D eigenvalue weighted by atomic mass is 32.1. The van der Waals surface area contributed by atoms with Crippen LogP contribution in [0.15, 0.2) is 5.38 Å². The Kier molecular flexibility index (Phi) is 5.21.